The van der Waals surface area contributed by atoms with Crippen molar-refractivity contribution in [2.75, 3.05) is 0 Å². The van der Waals surface area contributed by atoms with Crippen molar-refractivity contribution in [2.45, 2.75) is 71.8 Å². The van der Waals surface area contributed by atoms with Gasteiger partial charge in [-0.1, -0.05) is 33.6 Å². The van der Waals surface area contributed by atoms with Gasteiger partial charge in [0.1, 0.15) is 0 Å². The number of carbonyl (C=O) groups excluding carboxylic acids is 1. The molecule has 0 unspecified atom stereocenters. The van der Waals surface area contributed by atoms with E-state index in [4.69, 9.17) is 12.2 Å². The number of nitrogens with one attached hydrogen (secondary N) is 3. The monoisotopic (exact) mass is 379 g/mol. The number of carbonyl (C=O) groups is 1. The van der Waals surface area contributed by atoms with Gasteiger partial charge in [-0.2, -0.15) is 0 Å². The Morgan fingerprint density at radius 1 is 1.20 bits per heavy atom. The van der Waals surface area contributed by atoms with Gasteiger partial charge in [0.25, 0.3) is 5.91 Å². The van der Waals surface area contributed by atoms with Crippen LogP contribution < -0.4 is 16.2 Å². The van der Waals surface area contributed by atoms with Crippen LogP contribution in [0.25, 0.3) is 0 Å². The lowest BCUT2D eigenvalue weighted by Gasteiger charge is -2.33. The van der Waals surface area contributed by atoms with Crippen molar-refractivity contribution >= 4 is 34.6 Å². The zero-order valence-electron chi connectivity index (χ0n) is 15.4. The lowest BCUT2D eigenvalue weighted by Crippen LogP contribution is -2.49. The smallest absolute Gasteiger partial charge is 0.279 e. The molecule has 6 heteroatoms. The summed E-state index contributed by atoms with van der Waals surface area (Å²) < 4.78 is 0. The Kier molecular flexibility index (Phi) is 5.68. The largest absolute Gasteiger partial charge is 0.359 e. The second kappa shape index (κ2) is 7.62. The van der Waals surface area contributed by atoms with Crippen LogP contribution in [0.2, 0.25) is 0 Å². The van der Waals surface area contributed by atoms with E-state index < -0.39 is 0 Å². The summed E-state index contributed by atoms with van der Waals surface area (Å²) in [5, 5.41) is 3.77. The van der Waals surface area contributed by atoms with E-state index in [2.05, 4.69) is 43.0 Å². The Morgan fingerprint density at radius 2 is 1.92 bits per heavy atom. The number of fused-ring (bicyclic) bond motifs is 1. The van der Waals surface area contributed by atoms with Crippen LogP contribution in [0.5, 0.6) is 0 Å². The molecule has 1 saturated carbocycles. The van der Waals surface area contributed by atoms with E-state index in [1.54, 1.807) is 11.3 Å². The summed E-state index contributed by atoms with van der Waals surface area (Å²) in [5.41, 5.74) is 7.27. The summed E-state index contributed by atoms with van der Waals surface area (Å²) in [6, 6.07) is 2.52. The molecule has 2 aliphatic carbocycles. The average Bonchev–Trinajstić information content (AvgIpc) is 3.19. The second-order valence-electron chi connectivity index (χ2n) is 8.40. The molecule has 0 radical (unpaired) electrons. The highest BCUT2D eigenvalue weighted by molar-refractivity contribution is 7.80. The molecule has 1 amide bonds. The van der Waals surface area contributed by atoms with Crippen LogP contribution in [-0.2, 0) is 12.8 Å². The second-order valence-corrected chi connectivity index (χ2v) is 9.94. The Balaban J connectivity index is 1.53. The first kappa shape index (κ1) is 18.6. The maximum Gasteiger partial charge on any atom is 0.279 e. The van der Waals surface area contributed by atoms with E-state index in [1.807, 2.05) is 0 Å². The number of rotatable bonds is 2. The summed E-state index contributed by atoms with van der Waals surface area (Å²) in [5.74, 6) is 0.592. The molecular formula is C19H29N3OS2. The minimum atomic E-state index is -0.0951. The van der Waals surface area contributed by atoms with Gasteiger partial charge in [-0.25, -0.2) is 0 Å². The van der Waals surface area contributed by atoms with Gasteiger partial charge in [0.15, 0.2) is 5.11 Å². The lowest BCUT2D eigenvalue weighted by atomic mass is 9.72. The molecule has 0 aliphatic heterocycles. The Morgan fingerprint density at radius 3 is 2.60 bits per heavy atom. The van der Waals surface area contributed by atoms with Gasteiger partial charge in [-0.05, 0) is 67.3 Å². The van der Waals surface area contributed by atoms with Crippen molar-refractivity contribution in [2.24, 2.45) is 11.3 Å². The maximum atomic E-state index is 12.4. The van der Waals surface area contributed by atoms with E-state index in [0.29, 0.717) is 22.5 Å². The number of hydrazine groups is 1. The predicted molar refractivity (Wildman–Crippen MR) is 108 cm³/mol. The van der Waals surface area contributed by atoms with Crippen molar-refractivity contribution in [1.29, 1.82) is 0 Å². The summed E-state index contributed by atoms with van der Waals surface area (Å²) in [6.45, 7) is 6.93. The van der Waals surface area contributed by atoms with Crippen LogP contribution in [-0.4, -0.2) is 17.1 Å². The number of hydrogen-bond donors (Lipinski definition) is 3. The third-order valence-electron chi connectivity index (χ3n) is 5.51. The summed E-state index contributed by atoms with van der Waals surface area (Å²) in [7, 11) is 0. The molecule has 138 valence electrons. The molecule has 0 aromatic carbocycles. The van der Waals surface area contributed by atoms with Crippen LogP contribution in [0.4, 0.5) is 0 Å². The SMILES string of the molecule is CC(C)(C)[C@@H]1CCc2sc(C(=O)NNC(=S)NC3CCCC3)cc2C1. The van der Waals surface area contributed by atoms with Gasteiger partial charge >= 0.3 is 0 Å². The van der Waals surface area contributed by atoms with Gasteiger partial charge in [-0.3, -0.25) is 15.6 Å². The molecule has 0 saturated heterocycles. The minimum absolute atomic E-state index is 0.0951. The third kappa shape index (κ3) is 4.73. The number of thiocarbonyl (C=S) groups is 1. The number of hydrogen-bond acceptors (Lipinski definition) is 3. The molecule has 0 bridgehead atoms. The van der Waals surface area contributed by atoms with Crippen LogP contribution >= 0.6 is 23.6 Å². The average molecular weight is 380 g/mol. The van der Waals surface area contributed by atoms with Crippen molar-refractivity contribution in [3.63, 3.8) is 0 Å². The fourth-order valence-corrected chi connectivity index (χ4v) is 5.16. The zero-order valence-corrected chi connectivity index (χ0v) is 17.0. The molecule has 1 fully saturated rings. The first-order chi connectivity index (χ1) is 11.8. The Hall–Kier alpha value is -1.14. The van der Waals surface area contributed by atoms with Crippen molar-refractivity contribution in [3.05, 3.63) is 21.4 Å². The van der Waals surface area contributed by atoms with E-state index in [9.17, 15) is 4.79 Å². The molecular weight excluding hydrogens is 350 g/mol. The molecule has 1 aromatic rings. The lowest BCUT2D eigenvalue weighted by molar-refractivity contribution is 0.0947. The molecule has 3 N–H and O–H groups in total. The van der Waals surface area contributed by atoms with Crippen molar-refractivity contribution in [1.82, 2.24) is 16.2 Å². The van der Waals surface area contributed by atoms with Gasteiger partial charge in [0.05, 0.1) is 4.88 Å². The minimum Gasteiger partial charge on any atom is -0.359 e. The Bertz CT molecular complexity index is 642. The molecule has 1 aromatic heterocycles. The normalized spacial score (nSPS) is 20.8. The van der Waals surface area contributed by atoms with Crippen LogP contribution in [0.3, 0.4) is 0 Å². The Labute approximate surface area is 160 Å². The standard InChI is InChI=1S/C19H29N3OS2/c1-19(2,3)13-8-9-15-12(10-13)11-16(25-15)17(23)21-22-18(24)20-14-6-4-5-7-14/h11,13-14H,4-10H2,1-3H3,(H,21,23)(H2,20,22,24)/t13-/m1/s1. The van der Waals surface area contributed by atoms with Crippen molar-refractivity contribution < 1.29 is 4.79 Å². The fraction of sp³-hybridized carbons (Fsp3) is 0.684. The molecule has 0 spiro atoms. The summed E-state index contributed by atoms with van der Waals surface area (Å²) in [6.07, 6.45) is 8.20. The van der Waals surface area contributed by atoms with Crippen LogP contribution in [0.15, 0.2) is 6.07 Å². The van der Waals surface area contributed by atoms with Gasteiger partial charge in [0.2, 0.25) is 0 Å². The summed E-state index contributed by atoms with van der Waals surface area (Å²) >= 11 is 6.89. The van der Waals surface area contributed by atoms with E-state index in [0.717, 1.165) is 30.6 Å². The third-order valence-corrected chi connectivity index (χ3v) is 6.97. The molecule has 4 nitrogen and oxygen atoms in total. The van der Waals surface area contributed by atoms with Gasteiger partial charge in [0, 0.05) is 10.9 Å². The van der Waals surface area contributed by atoms with E-state index in [1.165, 1.54) is 29.7 Å². The first-order valence-electron chi connectivity index (χ1n) is 9.31. The van der Waals surface area contributed by atoms with E-state index >= 15 is 0 Å². The van der Waals surface area contributed by atoms with Crippen LogP contribution in [0, 0.1) is 11.3 Å². The maximum absolute atomic E-state index is 12.4. The number of aryl methyl sites for hydroxylation is 1. The van der Waals surface area contributed by atoms with Gasteiger partial charge < -0.3 is 5.32 Å². The highest BCUT2D eigenvalue weighted by Crippen LogP contribution is 2.40. The fourth-order valence-electron chi connectivity index (χ4n) is 3.84. The summed E-state index contributed by atoms with van der Waals surface area (Å²) in [4.78, 5) is 14.6. The zero-order chi connectivity index (χ0) is 18.0. The molecule has 1 atom stereocenters. The quantitative estimate of drug-likeness (QED) is 0.538. The molecule has 25 heavy (non-hydrogen) atoms. The first-order valence-corrected chi connectivity index (χ1v) is 10.5. The topological polar surface area (TPSA) is 53.2 Å². The van der Waals surface area contributed by atoms with Gasteiger partial charge in [-0.15, -0.1) is 11.3 Å². The van der Waals surface area contributed by atoms with E-state index in [-0.39, 0.29) is 5.91 Å². The highest BCUT2D eigenvalue weighted by atomic mass is 32.1. The van der Waals surface area contributed by atoms with Crippen molar-refractivity contribution in [3.8, 4) is 0 Å². The number of amides is 1. The highest BCUT2D eigenvalue weighted by Gasteiger charge is 2.30. The predicted octanol–water partition coefficient (Wildman–Crippen LogP) is 3.95. The molecule has 3 rings (SSSR count). The van der Waals surface area contributed by atoms with Crippen LogP contribution in [0.1, 0.15) is 73.0 Å². The molecule has 2 aliphatic rings. The number of thiophene rings is 1. The molecule has 1 heterocycles.